The van der Waals surface area contributed by atoms with Crippen LogP contribution in [0.25, 0.3) is 11.8 Å². The first-order valence-electron chi connectivity index (χ1n) is 3.08. The SMILES string of the molecule is C=Cc1ccnn1C(=C)C. The van der Waals surface area contributed by atoms with Gasteiger partial charge in [0.25, 0.3) is 0 Å². The van der Waals surface area contributed by atoms with E-state index in [0.717, 1.165) is 11.4 Å². The summed E-state index contributed by atoms with van der Waals surface area (Å²) in [6, 6.07) is 1.89. The zero-order valence-corrected chi connectivity index (χ0v) is 6.04. The molecule has 0 radical (unpaired) electrons. The van der Waals surface area contributed by atoms with Crippen molar-refractivity contribution >= 4 is 11.8 Å². The maximum Gasteiger partial charge on any atom is 0.0658 e. The molecule has 0 bridgehead atoms. The predicted octanol–water partition coefficient (Wildman–Crippen LogP) is 2.02. The minimum absolute atomic E-state index is 0.903. The van der Waals surface area contributed by atoms with Gasteiger partial charge in [-0.3, -0.25) is 0 Å². The molecule has 0 aromatic carbocycles. The predicted molar refractivity (Wildman–Crippen MR) is 43.3 cm³/mol. The van der Waals surface area contributed by atoms with E-state index in [0.29, 0.717) is 0 Å². The zero-order chi connectivity index (χ0) is 7.56. The van der Waals surface area contributed by atoms with E-state index >= 15 is 0 Å². The van der Waals surface area contributed by atoms with Gasteiger partial charge in [0.2, 0.25) is 0 Å². The van der Waals surface area contributed by atoms with Crippen LogP contribution in [-0.4, -0.2) is 9.78 Å². The Morgan fingerprint density at radius 2 is 2.50 bits per heavy atom. The first kappa shape index (κ1) is 6.81. The van der Waals surface area contributed by atoms with E-state index in [4.69, 9.17) is 0 Å². The van der Waals surface area contributed by atoms with Crippen molar-refractivity contribution < 1.29 is 0 Å². The van der Waals surface area contributed by atoms with Crippen molar-refractivity contribution in [3.63, 3.8) is 0 Å². The van der Waals surface area contributed by atoms with Crippen LogP contribution in [0.2, 0.25) is 0 Å². The third kappa shape index (κ3) is 1.00. The Kier molecular flexibility index (Phi) is 1.71. The van der Waals surface area contributed by atoms with E-state index in [1.807, 2.05) is 13.0 Å². The molecule has 0 aliphatic carbocycles. The van der Waals surface area contributed by atoms with Crippen LogP contribution in [0, 0.1) is 0 Å². The lowest BCUT2D eigenvalue weighted by molar-refractivity contribution is 0.889. The molecular formula is C8H10N2. The molecule has 0 saturated heterocycles. The summed E-state index contributed by atoms with van der Waals surface area (Å²) in [4.78, 5) is 0. The van der Waals surface area contributed by atoms with Crippen LogP contribution in [0.4, 0.5) is 0 Å². The first-order chi connectivity index (χ1) is 4.75. The monoisotopic (exact) mass is 134 g/mol. The highest BCUT2D eigenvalue weighted by Gasteiger charge is 1.95. The van der Waals surface area contributed by atoms with Gasteiger partial charge in [0.1, 0.15) is 0 Å². The number of allylic oxidation sites excluding steroid dienone is 1. The normalized spacial score (nSPS) is 9.30. The highest BCUT2D eigenvalue weighted by atomic mass is 15.3. The average molecular weight is 134 g/mol. The number of aromatic nitrogens is 2. The number of rotatable bonds is 2. The molecule has 10 heavy (non-hydrogen) atoms. The quantitative estimate of drug-likeness (QED) is 0.605. The van der Waals surface area contributed by atoms with Gasteiger partial charge in [0, 0.05) is 11.9 Å². The molecule has 1 aromatic rings. The fraction of sp³-hybridized carbons (Fsp3) is 0.125. The summed E-state index contributed by atoms with van der Waals surface area (Å²) in [6.45, 7) is 9.31. The van der Waals surface area contributed by atoms with Gasteiger partial charge in [-0.2, -0.15) is 5.10 Å². The Labute approximate surface area is 60.5 Å². The summed E-state index contributed by atoms with van der Waals surface area (Å²) in [7, 11) is 0. The maximum absolute atomic E-state index is 4.03. The number of nitrogens with zero attached hydrogens (tertiary/aromatic N) is 2. The standard InChI is InChI=1S/C8H10N2/c1-4-8-5-6-9-10(8)7(2)3/h4-6H,1-2H2,3H3. The van der Waals surface area contributed by atoms with Crippen LogP contribution in [0.15, 0.2) is 25.4 Å². The van der Waals surface area contributed by atoms with Crippen molar-refractivity contribution in [3.05, 3.63) is 31.1 Å². The molecule has 2 nitrogen and oxygen atoms in total. The molecule has 0 N–H and O–H groups in total. The molecule has 0 atom stereocenters. The summed E-state index contributed by atoms with van der Waals surface area (Å²) in [5.41, 5.74) is 1.88. The van der Waals surface area contributed by atoms with Crippen LogP contribution in [0.3, 0.4) is 0 Å². The molecule has 1 heterocycles. The van der Waals surface area contributed by atoms with Gasteiger partial charge in [0.15, 0.2) is 0 Å². The Hall–Kier alpha value is -1.31. The first-order valence-corrected chi connectivity index (χ1v) is 3.08. The molecule has 0 aliphatic rings. The highest BCUT2D eigenvalue weighted by Crippen LogP contribution is 2.05. The highest BCUT2D eigenvalue weighted by molar-refractivity contribution is 5.49. The maximum atomic E-state index is 4.03. The van der Waals surface area contributed by atoms with Crippen molar-refractivity contribution in [2.45, 2.75) is 6.92 Å². The zero-order valence-electron chi connectivity index (χ0n) is 6.04. The van der Waals surface area contributed by atoms with Crippen LogP contribution in [0.5, 0.6) is 0 Å². The Bertz CT molecular complexity index is 258. The van der Waals surface area contributed by atoms with Crippen molar-refractivity contribution in [2.75, 3.05) is 0 Å². The summed E-state index contributed by atoms with van der Waals surface area (Å²) in [5.74, 6) is 0. The lowest BCUT2D eigenvalue weighted by Gasteiger charge is -2.00. The van der Waals surface area contributed by atoms with Crippen LogP contribution < -0.4 is 0 Å². The molecule has 0 spiro atoms. The Morgan fingerprint density at radius 3 is 2.90 bits per heavy atom. The molecule has 52 valence electrons. The second kappa shape index (κ2) is 2.52. The minimum atomic E-state index is 0.903. The lowest BCUT2D eigenvalue weighted by atomic mass is 10.4. The molecule has 0 saturated carbocycles. The minimum Gasteiger partial charge on any atom is -0.239 e. The fourth-order valence-corrected chi connectivity index (χ4v) is 0.787. The van der Waals surface area contributed by atoms with Gasteiger partial charge in [0.05, 0.1) is 5.69 Å². The largest absolute Gasteiger partial charge is 0.239 e. The Morgan fingerprint density at radius 1 is 1.80 bits per heavy atom. The molecule has 1 aromatic heterocycles. The van der Waals surface area contributed by atoms with E-state index in [9.17, 15) is 0 Å². The van der Waals surface area contributed by atoms with Crippen LogP contribution >= 0.6 is 0 Å². The molecule has 0 aliphatic heterocycles. The summed E-state index contributed by atoms with van der Waals surface area (Å²) < 4.78 is 1.74. The van der Waals surface area contributed by atoms with Gasteiger partial charge in [-0.25, -0.2) is 4.68 Å². The molecular weight excluding hydrogens is 124 g/mol. The third-order valence-electron chi connectivity index (χ3n) is 1.24. The smallest absolute Gasteiger partial charge is 0.0658 e. The van der Waals surface area contributed by atoms with Gasteiger partial charge in [-0.15, -0.1) is 0 Å². The Balaban J connectivity index is 3.13. The van der Waals surface area contributed by atoms with Gasteiger partial charge in [-0.05, 0) is 19.1 Å². The third-order valence-corrected chi connectivity index (χ3v) is 1.24. The second-order valence-corrected chi connectivity index (χ2v) is 2.11. The van der Waals surface area contributed by atoms with E-state index in [2.05, 4.69) is 18.3 Å². The van der Waals surface area contributed by atoms with Crippen molar-refractivity contribution in [2.24, 2.45) is 0 Å². The second-order valence-electron chi connectivity index (χ2n) is 2.11. The van der Waals surface area contributed by atoms with Crippen molar-refractivity contribution in [1.29, 1.82) is 0 Å². The van der Waals surface area contributed by atoms with E-state index in [-0.39, 0.29) is 0 Å². The molecule has 1 rings (SSSR count). The van der Waals surface area contributed by atoms with Gasteiger partial charge in [-0.1, -0.05) is 13.2 Å². The van der Waals surface area contributed by atoms with Crippen molar-refractivity contribution in [1.82, 2.24) is 9.78 Å². The number of hydrogen-bond donors (Lipinski definition) is 0. The molecule has 0 amide bonds. The van der Waals surface area contributed by atoms with Crippen LogP contribution in [-0.2, 0) is 0 Å². The lowest BCUT2D eigenvalue weighted by Crippen LogP contribution is -1.95. The summed E-state index contributed by atoms with van der Waals surface area (Å²) in [5, 5.41) is 4.03. The number of hydrogen-bond acceptors (Lipinski definition) is 1. The fourth-order valence-electron chi connectivity index (χ4n) is 0.787. The summed E-state index contributed by atoms with van der Waals surface area (Å²) >= 11 is 0. The van der Waals surface area contributed by atoms with Gasteiger partial charge < -0.3 is 0 Å². The molecule has 0 fully saturated rings. The van der Waals surface area contributed by atoms with Crippen molar-refractivity contribution in [3.8, 4) is 0 Å². The molecule has 2 heteroatoms. The van der Waals surface area contributed by atoms with E-state index in [1.54, 1.807) is 17.0 Å². The average Bonchev–Trinajstić information content (AvgIpc) is 2.33. The molecule has 0 unspecified atom stereocenters. The topological polar surface area (TPSA) is 17.8 Å². The van der Waals surface area contributed by atoms with E-state index in [1.165, 1.54) is 0 Å². The van der Waals surface area contributed by atoms with Gasteiger partial charge >= 0.3 is 0 Å². The van der Waals surface area contributed by atoms with E-state index < -0.39 is 0 Å². The van der Waals surface area contributed by atoms with Crippen LogP contribution in [0.1, 0.15) is 12.6 Å². The summed E-state index contributed by atoms with van der Waals surface area (Å²) in [6.07, 6.45) is 3.48.